The Hall–Kier alpha value is -0.580. The summed E-state index contributed by atoms with van der Waals surface area (Å²) in [6.45, 7) is 2.51. The highest BCUT2D eigenvalue weighted by Gasteiger charge is 2.03. The Morgan fingerprint density at radius 2 is 2.38 bits per heavy atom. The Kier molecular flexibility index (Phi) is 5.80. The molecule has 1 aromatic rings. The second-order valence-electron chi connectivity index (χ2n) is 3.85. The van der Waals surface area contributed by atoms with Gasteiger partial charge in [-0.25, -0.2) is 0 Å². The Morgan fingerprint density at radius 3 is 2.94 bits per heavy atom. The van der Waals surface area contributed by atoms with Crippen molar-refractivity contribution in [1.29, 1.82) is 0 Å². The van der Waals surface area contributed by atoms with Gasteiger partial charge in [0.15, 0.2) is 0 Å². The molecule has 0 saturated carbocycles. The third-order valence-corrected chi connectivity index (χ3v) is 3.38. The molecule has 0 fully saturated rings. The molecule has 1 unspecified atom stereocenters. The molecule has 0 aromatic carbocycles. The average molecular weight is 261 g/mol. The maximum Gasteiger partial charge on any atom is 0.220 e. The van der Waals surface area contributed by atoms with Crippen LogP contribution in [0.3, 0.4) is 0 Å². The van der Waals surface area contributed by atoms with Crippen LogP contribution in [0, 0.1) is 0 Å². The van der Waals surface area contributed by atoms with Crippen LogP contribution in [0.2, 0.25) is 4.34 Å². The zero-order valence-electron chi connectivity index (χ0n) is 9.33. The van der Waals surface area contributed by atoms with E-state index in [1.54, 1.807) is 0 Å². The SMILES string of the molecule is CC(N)CCCC(=O)NCc1ccc(Cl)s1. The van der Waals surface area contributed by atoms with E-state index in [0.29, 0.717) is 13.0 Å². The van der Waals surface area contributed by atoms with Gasteiger partial charge in [0, 0.05) is 17.3 Å². The van der Waals surface area contributed by atoms with Crippen LogP contribution in [0.15, 0.2) is 12.1 Å². The summed E-state index contributed by atoms with van der Waals surface area (Å²) in [7, 11) is 0. The predicted molar refractivity (Wildman–Crippen MR) is 68.7 cm³/mol. The number of nitrogens with one attached hydrogen (secondary N) is 1. The maximum atomic E-state index is 11.4. The lowest BCUT2D eigenvalue weighted by molar-refractivity contribution is -0.121. The second-order valence-corrected chi connectivity index (χ2v) is 5.65. The first-order valence-electron chi connectivity index (χ1n) is 5.34. The molecule has 0 radical (unpaired) electrons. The fourth-order valence-corrected chi connectivity index (χ4v) is 2.33. The molecular weight excluding hydrogens is 244 g/mol. The van der Waals surface area contributed by atoms with Crippen LogP contribution in [0.5, 0.6) is 0 Å². The van der Waals surface area contributed by atoms with Crippen LogP contribution in [0.4, 0.5) is 0 Å². The van der Waals surface area contributed by atoms with Gasteiger partial charge in [-0.15, -0.1) is 11.3 Å². The van der Waals surface area contributed by atoms with Crippen LogP contribution >= 0.6 is 22.9 Å². The molecule has 1 rings (SSSR count). The Morgan fingerprint density at radius 1 is 1.62 bits per heavy atom. The lowest BCUT2D eigenvalue weighted by Crippen LogP contribution is -2.23. The fraction of sp³-hybridized carbons (Fsp3) is 0.545. The minimum atomic E-state index is 0.0742. The summed E-state index contributed by atoms with van der Waals surface area (Å²) in [5.74, 6) is 0.0742. The minimum absolute atomic E-state index is 0.0742. The van der Waals surface area contributed by atoms with Crippen LogP contribution in [-0.4, -0.2) is 11.9 Å². The van der Waals surface area contributed by atoms with Crippen molar-refractivity contribution < 1.29 is 4.79 Å². The maximum absolute atomic E-state index is 11.4. The van der Waals surface area contributed by atoms with E-state index in [4.69, 9.17) is 17.3 Å². The number of halogens is 1. The van der Waals surface area contributed by atoms with E-state index < -0.39 is 0 Å². The van der Waals surface area contributed by atoms with E-state index in [0.717, 1.165) is 22.1 Å². The van der Waals surface area contributed by atoms with Crippen molar-refractivity contribution in [3.63, 3.8) is 0 Å². The van der Waals surface area contributed by atoms with Gasteiger partial charge in [-0.05, 0) is 31.9 Å². The number of hydrogen-bond donors (Lipinski definition) is 2. The van der Waals surface area contributed by atoms with Crippen molar-refractivity contribution in [1.82, 2.24) is 5.32 Å². The molecule has 0 spiro atoms. The van der Waals surface area contributed by atoms with Crippen molar-refractivity contribution in [2.24, 2.45) is 5.73 Å². The number of carbonyl (C=O) groups excluding carboxylic acids is 1. The van der Waals surface area contributed by atoms with Crippen molar-refractivity contribution in [2.75, 3.05) is 0 Å². The summed E-state index contributed by atoms with van der Waals surface area (Å²) in [4.78, 5) is 12.5. The number of hydrogen-bond acceptors (Lipinski definition) is 3. The van der Waals surface area contributed by atoms with E-state index in [1.165, 1.54) is 11.3 Å². The molecule has 3 N–H and O–H groups in total. The van der Waals surface area contributed by atoms with E-state index in [1.807, 2.05) is 19.1 Å². The third-order valence-electron chi connectivity index (χ3n) is 2.15. The summed E-state index contributed by atoms with van der Waals surface area (Å²) in [5, 5.41) is 2.86. The second kappa shape index (κ2) is 6.89. The van der Waals surface area contributed by atoms with Gasteiger partial charge in [-0.2, -0.15) is 0 Å². The molecule has 3 nitrogen and oxygen atoms in total. The first-order chi connectivity index (χ1) is 7.58. The Balaban J connectivity index is 2.15. The first kappa shape index (κ1) is 13.5. The van der Waals surface area contributed by atoms with E-state index in [-0.39, 0.29) is 11.9 Å². The largest absolute Gasteiger partial charge is 0.351 e. The summed E-state index contributed by atoms with van der Waals surface area (Å²) < 4.78 is 0.751. The molecule has 90 valence electrons. The highest BCUT2D eigenvalue weighted by Crippen LogP contribution is 2.20. The molecule has 1 amide bonds. The molecule has 0 saturated heterocycles. The summed E-state index contributed by atoms with van der Waals surface area (Å²) in [6, 6.07) is 3.93. The topological polar surface area (TPSA) is 55.1 Å². The minimum Gasteiger partial charge on any atom is -0.351 e. The van der Waals surface area contributed by atoms with Crippen LogP contribution in [-0.2, 0) is 11.3 Å². The van der Waals surface area contributed by atoms with E-state index in [9.17, 15) is 4.79 Å². The van der Waals surface area contributed by atoms with Gasteiger partial charge in [0.05, 0.1) is 10.9 Å². The molecule has 1 atom stereocenters. The normalized spacial score (nSPS) is 12.4. The van der Waals surface area contributed by atoms with Gasteiger partial charge in [0.1, 0.15) is 0 Å². The summed E-state index contributed by atoms with van der Waals surface area (Å²) in [6.07, 6.45) is 2.27. The molecule has 0 aliphatic rings. The predicted octanol–water partition coefficient (Wildman–Crippen LogP) is 2.54. The summed E-state index contributed by atoms with van der Waals surface area (Å²) >= 11 is 7.28. The molecule has 5 heteroatoms. The number of amides is 1. The molecule has 16 heavy (non-hydrogen) atoms. The van der Waals surface area contributed by atoms with Crippen LogP contribution in [0.25, 0.3) is 0 Å². The standard InChI is InChI=1S/C11H17ClN2OS/c1-8(13)3-2-4-11(15)14-7-9-5-6-10(12)16-9/h5-6,8H,2-4,7,13H2,1H3,(H,14,15). The zero-order valence-corrected chi connectivity index (χ0v) is 10.9. The third kappa shape index (κ3) is 5.49. The lowest BCUT2D eigenvalue weighted by Gasteiger charge is -2.05. The monoisotopic (exact) mass is 260 g/mol. The molecule has 1 heterocycles. The molecule has 1 aromatic heterocycles. The zero-order chi connectivity index (χ0) is 12.0. The van der Waals surface area contributed by atoms with Gasteiger partial charge in [-0.3, -0.25) is 4.79 Å². The molecule has 0 aliphatic heterocycles. The van der Waals surface area contributed by atoms with Crippen LogP contribution in [0.1, 0.15) is 31.1 Å². The van der Waals surface area contributed by atoms with Crippen molar-refractivity contribution in [3.05, 3.63) is 21.3 Å². The quantitative estimate of drug-likeness (QED) is 0.826. The Bertz CT molecular complexity index is 338. The molecule has 0 aliphatic carbocycles. The molecule has 0 bridgehead atoms. The summed E-state index contributed by atoms with van der Waals surface area (Å²) in [5.41, 5.74) is 5.60. The number of nitrogens with two attached hydrogens (primary N) is 1. The number of carbonyl (C=O) groups is 1. The smallest absolute Gasteiger partial charge is 0.220 e. The number of rotatable bonds is 6. The Labute approximate surface area is 105 Å². The first-order valence-corrected chi connectivity index (χ1v) is 6.54. The van der Waals surface area contributed by atoms with Gasteiger partial charge in [0.2, 0.25) is 5.91 Å². The number of thiophene rings is 1. The van der Waals surface area contributed by atoms with Crippen molar-refractivity contribution in [2.45, 2.75) is 38.8 Å². The average Bonchev–Trinajstić information content (AvgIpc) is 2.61. The van der Waals surface area contributed by atoms with Gasteiger partial charge >= 0.3 is 0 Å². The van der Waals surface area contributed by atoms with E-state index in [2.05, 4.69) is 5.32 Å². The van der Waals surface area contributed by atoms with E-state index >= 15 is 0 Å². The van der Waals surface area contributed by atoms with Crippen molar-refractivity contribution >= 4 is 28.8 Å². The fourth-order valence-electron chi connectivity index (χ4n) is 1.31. The van der Waals surface area contributed by atoms with Crippen molar-refractivity contribution in [3.8, 4) is 0 Å². The highest BCUT2D eigenvalue weighted by molar-refractivity contribution is 7.16. The highest BCUT2D eigenvalue weighted by atomic mass is 35.5. The van der Waals surface area contributed by atoms with Gasteiger partial charge in [-0.1, -0.05) is 11.6 Å². The van der Waals surface area contributed by atoms with Crippen LogP contribution < -0.4 is 11.1 Å². The van der Waals surface area contributed by atoms with Gasteiger partial charge < -0.3 is 11.1 Å². The van der Waals surface area contributed by atoms with Gasteiger partial charge in [0.25, 0.3) is 0 Å². The lowest BCUT2D eigenvalue weighted by atomic mass is 10.1. The molecular formula is C11H17ClN2OS.